The molecule has 254 valence electrons. The second-order valence-corrected chi connectivity index (χ2v) is 14.3. The average molecular weight is 772 g/mol. The lowest BCUT2D eigenvalue weighted by atomic mass is 10.2. The van der Waals surface area contributed by atoms with Gasteiger partial charge in [-0.3, -0.25) is 19.8 Å². The van der Waals surface area contributed by atoms with Gasteiger partial charge in [-0.05, 0) is 123 Å². The van der Waals surface area contributed by atoms with Crippen molar-refractivity contribution in [2.24, 2.45) is 0 Å². The summed E-state index contributed by atoms with van der Waals surface area (Å²) in [6, 6.07) is 11.3. The molecule has 0 saturated carbocycles. The number of anilines is 2. The lowest BCUT2D eigenvalue weighted by Crippen LogP contribution is -2.47. The Morgan fingerprint density at radius 3 is 1.61 bits per heavy atom. The van der Waals surface area contributed by atoms with Gasteiger partial charge in [-0.15, -0.1) is 0 Å². The third kappa shape index (κ3) is 10.6. The highest BCUT2D eigenvalue weighted by atomic mass is 79.9. The number of methoxy groups -OCH3 is 2. The molecular weight excluding hydrogens is 726 g/mol. The fourth-order valence-electron chi connectivity index (χ4n) is 4.69. The summed E-state index contributed by atoms with van der Waals surface area (Å²) in [6.45, 7) is 13.6. The lowest BCUT2D eigenvalue weighted by Gasteiger charge is -2.32. The Hall–Kier alpha value is -3.39. The number of hydrogen-bond acceptors (Lipinski definition) is 9. The molecule has 46 heavy (non-hydrogen) atoms. The summed E-state index contributed by atoms with van der Waals surface area (Å²) in [6.07, 6.45) is 0.855. The molecule has 0 spiro atoms. The molecule has 2 heterocycles. The molecule has 2 aliphatic heterocycles. The lowest BCUT2D eigenvalue weighted by molar-refractivity contribution is -0.129. The van der Waals surface area contributed by atoms with E-state index in [4.69, 9.17) is 18.9 Å². The van der Waals surface area contributed by atoms with Gasteiger partial charge in [-0.1, -0.05) is 0 Å². The van der Waals surface area contributed by atoms with Gasteiger partial charge in [-0.2, -0.15) is 0 Å². The zero-order valence-electron chi connectivity index (χ0n) is 27.8. The summed E-state index contributed by atoms with van der Waals surface area (Å²) in [5.74, 6) is 1.32. The number of rotatable bonds is 6. The Balaban J connectivity index is 0.000000254. The molecule has 0 radical (unpaired) electrons. The zero-order valence-corrected chi connectivity index (χ0v) is 31.0. The Morgan fingerprint density at radius 1 is 0.717 bits per heavy atom. The highest BCUT2D eigenvalue weighted by molar-refractivity contribution is 9.11. The van der Waals surface area contributed by atoms with E-state index >= 15 is 0 Å². The average Bonchev–Trinajstić information content (AvgIpc) is 3.65. The molecule has 2 aliphatic rings. The quantitative estimate of drug-likeness (QED) is 0.341. The van der Waals surface area contributed by atoms with Crippen molar-refractivity contribution in [1.29, 1.82) is 0 Å². The van der Waals surface area contributed by atoms with E-state index in [0.717, 1.165) is 57.8 Å². The predicted molar refractivity (Wildman–Crippen MR) is 184 cm³/mol. The van der Waals surface area contributed by atoms with Crippen LogP contribution in [0.15, 0.2) is 45.3 Å². The second kappa shape index (κ2) is 15.9. The molecular formula is C32H45Br2N5O7. The normalized spacial score (nSPS) is 14.8. The summed E-state index contributed by atoms with van der Waals surface area (Å²) >= 11 is 7.06. The van der Waals surface area contributed by atoms with Crippen molar-refractivity contribution in [1.82, 2.24) is 15.3 Å². The second-order valence-electron chi connectivity index (χ2n) is 12.6. The van der Waals surface area contributed by atoms with Crippen LogP contribution in [0, 0.1) is 0 Å². The van der Waals surface area contributed by atoms with Gasteiger partial charge in [0.25, 0.3) is 5.91 Å². The van der Waals surface area contributed by atoms with Gasteiger partial charge in [-0.25, -0.2) is 14.6 Å². The van der Waals surface area contributed by atoms with Gasteiger partial charge in [0.2, 0.25) is 0 Å². The maximum absolute atomic E-state index is 12.5. The predicted octanol–water partition coefficient (Wildman–Crippen LogP) is 6.76. The van der Waals surface area contributed by atoms with Crippen molar-refractivity contribution in [3.63, 3.8) is 0 Å². The maximum atomic E-state index is 12.5. The summed E-state index contributed by atoms with van der Waals surface area (Å²) in [5.41, 5.74) is 0.714. The van der Waals surface area contributed by atoms with Crippen LogP contribution in [0.4, 0.5) is 21.0 Å². The Morgan fingerprint density at radius 2 is 1.17 bits per heavy atom. The number of halogens is 2. The van der Waals surface area contributed by atoms with Gasteiger partial charge >= 0.3 is 12.2 Å². The van der Waals surface area contributed by atoms with Gasteiger partial charge < -0.3 is 24.3 Å². The van der Waals surface area contributed by atoms with Crippen LogP contribution in [0.5, 0.6) is 11.5 Å². The first-order valence-electron chi connectivity index (χ1n) is 15.0. The number of ether oxygens (including phenoxy) is 4. The number of carbonyl (C=O) groups is 3. The number of hydrogen-bond donors (Lipinski definition) is 1. The first kappa shape index (κ1) is 37.1. The Labute approximate surface area is 288 Å². The van der Waals surface area contributed by atoms with E-state index in [2.05, 4.69) is 37.2 Å². The molecule has 14 heteroatoms. The van der Waals surface area contributed by atoms with Crippen molar-refractivity contribution >= 4 is 61.3 Å². The number of amides is 3. The van der Waals surface area contributed by atoms with E-state index in [-0.39, 0.29) is 18.5 Å². The molecule has 0 bridgehead atoms. The van der Waals surface area contributed by atoms with Crippen LogP contribution in [-0.2, 0) is 14.3 Å². The molecule has 12 nitrogen and oxygen atoms in total. The highest BCUT2D eigenvalue weighted by Crippen LogP contribution is 2.34. The molecule has 0 unspecified atom stereocenters. The van der Waals surface area contributed by atoms with E-state index < -0.39 is 17.3 Å². The highest BCUT2D eigenvalue weighted by Gasteiger charge is 2.32. The van der Waals surface area contributed by atoms with Gasteiger partial charge in [0, 0.05) is 35.1 Å². The molecule has 0 aromatic heterocycles. The van der Waals surface area contributed by atoms with E-state index in [1.54, 1.807) is 45.0 Å². The minimum Gasteiger partial charge on any atom is -0.497 e. The Bertz CT molecular complexity index is 1380. The summed E-state index contributed by atoms with van der Waals surface area (Å²) < 4.78 is 22.7. The zero-order chi connectivity index (χ0) is 34.2. The Kier molecular flexibility index (Phi) is 12.8. The maximum Gasteiger partial charge on any atom is 0.429 e. The molecule has 2 aromatic rings. The monoisotopic (exact) mass is 769 g/mol. The fraction of sp³-hybridized carbons (Fsp3) is 0.531. The molecule has 1 N–H and O–H groups in total. The summed E-state index contributed by atoms with van der Waals surface area (Å²) in [4.78, 5) is 36.5. The number of hydrazine groups is 2. The molecule has 4 rings (SSSR count). The number of carbonyl (C=O) groups excluding carboxylic acids is 3. The molecule has 3 amide bonds. The smallest absolute Gasteiger partial charge is 0.429 e. The number of alkyl carbamates (subject to hydrolysis) is 1. The fourth-order valence-corrected chi connectivity index (χ4v) is 5.81. The van der Waals surface area contributed by atoms with E-state index in [9.17, 15) is 14.4 Å². The van der Waals surface area contributed by atoms with Gasteiger partial charge in [0.1, 0.15) is 29.2 Å². The van der Waals surface area contributed by atoms with Crippen molar-refractivity contribution in [2.75, 3.05) is 57.0 Å². The molecule has 2 fully saturated rings. The SMILES string of the molecule is COc1ccc(N2CCCN2C(=O)CNC(=O)OC(C)(C)C)c(Br)c1.COc1ccc(N2CCCN2C(=O)OC(C)(C)C)c(Br)c1. The summed E-state index contributed by atoms with van der Waals surface area (Å²) in [7, 11) is 3.24. The first-order chi connectivity index (χ1) is 21.5. The van der Waals surface area contributed by atoms with Crippen LogP contribution in [0.2, 0.25) is 0 Å². The van der Waals surface area contributed by atoms with Gasteiger partial charge in [0.05, 0.1) is 25.6 Å². The number of benzene rings is 2. The molecule has 0 aliphatic carbocycles. The standard InChI is InChI=1S/C17H24BrN3O4.C15H21BrN2O3/c1-17(2,3)25-16(23)19-11-15(22)21-9-5-8-20(21)14-7-6-12(24-4)10-13(14)18;1-15(2,3)21-14(19)18-9-5-8-17(18)13-7-6-11(20-4)10-12(13)16/h6-7,10H,5,8-9,11H2,1-4H3,(H,19,23);6-7,10H,5,8-9H2,1-4H3. The van der Waals surface area contributed by atoms with Gasteiger partial charge in [0.15, 0.2) is 0 Å². The topological polar surface area (TPSA) is 113 Å². The molecule has 2 aromatic carbocycles. The largest absolute Gasteiger partial charge is 0.497 e. The van der Waals surface area contributed by atoms with Crippen LogP contribution in [0.1, 0.15) is 54.4 Å². The van der Waals surface area contributed by atoms with E-state index in [1.807, 2.05) is 67.2 Å². The van der Waals surface area contributed by atoms with Crippen LogP contribution in [0.3, 0.4) is 0 Å². The van der Waals surface area contributed by atoms with Crippen LogP contribution >= 0.6 is 31.9 Å². The third-order valence-corrected chi connectivity index (χ3v) is 7.87. The molecule has 0 atom stereocenters. The van der Waals surface area contributed by atoms with Crippen molar-refractivity contribution in [3.05, 3.63) is 45.3 Å². The van der Waals surface area contributed by atoms with E-state index in [0.29, 0.717) is 13.1 Å². The van der Waals surface area contributed by atoms with E-state index in [1.165, 1.54) is 0 Å². The van der Waals surface area contributed by atoms with Crippen molar-refractivity contribution in [3.8, 4) is 11.5 Å². The first-order valence-corrected chi connectivity index (χ1v) is 16.6. The van der Waals surface area contributed by atoms with Crippen molar-refractivity contribution in [2.45, 2.75) is 65.6 Å². The number of nitrogens with zero attached hydrogens (tertiary/aromatic N) is 4. The third-order valence-electron chi connectivity index (χ3n) is 6.60. The minimum atomic E-state index is -0.600. The minimum absolute atomic E-state index is 0.112. The number of nitrogens with one attached hydrogen (secondary N) is 1. The van der Waals surface area contributed by atoms with Crippen molar-refractivity contribution < 1.29 is 33.3 Å². The van der Waals surface area contributed by atoms with Crippen LogP contribution in [-0.4, -0.2) is 86.3 Å². The summed E-state index contributed by atoms with van der Waals surface area (Å²) in [5, 5.41) is 9.65. The molecule has 2 saturated heterocycles. The van der Waals surface area contributed by atoms with Crippen LogP contribution in [0.25, 0.3) is 0 Å². The van der Waals surface area contributed by atoms with Crippen LogP contribution < -0.4 is 24.8 Å².